The SMILES string of the molecule is COc1cc(O)ccc1/C=N/c1[nH][nH]c(=O)c1N=Nn1c(-c2ccccc2)nc2ccccc2c1=O. The van der Waals surface area contributed by atoms with Crippen LogP contribution in [0.3, 0.4) is 0 Å². The van der Waals surface area contributed by atoms with Gasteiger partial charge in [-0.1, -0.05) is 47.7 Å². The van der Waals surface area contributed by atoms with Gasteiger partial charge in [0.05, 0.1) is 18.0 Å². The third-order valence-electron chi connectivity index (χ3n) is 5.30. The number of aromatic hydroxyl groups is 1. The van der Waals surface area contributed by atoms with E-state index in [1.165, 1.54) is 25.5 Å². The standard InChI is InChI=1S/C25H19N7O4/c1-36-20-13-17(33)12-11-16(20)14-26-22-21(24(34)30-29-22)28-31-32-23(15-7-3-2-4-8-15)27-19-10-6-5-9-18(19)25(32)35/h2-14,33H,1H3,(H2,29,30,34)/b26-14+,31-28?. The molecule has 0 aliphatic heterocycles. The van der Waals surface area contributed by atoms with Crippen LogP contribution < -0.4 is 15.9 Å². The molecule has 0 aliphatic rings. The zero-order valence-corrected chi connectivity index (χ0v) is 18.9. The van der Waals surface area contributed by atoms with Crippen molar-refractivity contribution in [2.75, 3.05) is 7.11 Å². The molecule has 0 unspecified atom stereocenters. The van der Waals surface area contributed by atoms with Crippen molar-refractivity contribution in [3.63, 3.8) is 0 Å². The van der Waals surface area contributed by atoms with Crippen LogP contribution in [0, 0.1) is 0 Å². The molecule has 0 saturated carbocycles. The molecule has 0 fully saturated rings. The molecule has 0 bridgehead atoms. The predicted molar refractivity (Wildman–Crippen MR) is 135 cm³/mol. The van der Waals surface area contributed by atoms with Gasteiger partial charge >= 0.3 is 0 Å². The second-order valence-corrected chi connectivity index (χ2v) is 7.59. The van der Waals surface area contributed by atoms with Crippen molar-refractivity contribution in [1.82, 2.24) is 19.9 Å². The summed E-state index contributed by atoms with van der Waals surface area (Å²) in [5.74, 6) is 0.786. The number of hydrogen-bond donors (Lipinski definition) is 3. The summed E-state index contributed by atoms with van der Waals surface area (Å²) < 4.78 is 6.30. The van der Waals surface area contributed by atoms with Gasteiger partial charge in [0, 0.05) is 23.4 Å². The molecule has 0 aliphatic carbocycles. The first-order valence-electron chi connectivity index (χ1n) is 10.8. The highest BCUT2D eigenvalue weighted by Crippen LogP contribution is 2.25. The smallest absolute Gasteiger partial charge is 0.294 e. The number of phenolic OH excluding ortho intramolecular Hbond substituents is 1. The maximum absolute atomic E-state index is 13.3. The molecule has 178 valence electrons. The first-order valence-corrected chi connectivity index (χ1v) is 10.8. The van der Waals surface area contributed by atoms with Gasteiger partial charge in [-0.3, -0.25) is 19.8 Å². The molecule has 0 saturated heterocycles. The minimum Gasteiger partial charge on any atom is -0.508 e. The fourth-order valence-corrected chi connectivity index (χ4v) is 3.54. The number of nitrogens with one attached hydrogen (secondary N) is 2. The minimum atomic E-state index is -0.577. The third kappa shape index (κ3) is 4.28. The monoisotopic (exact) mass is 481 g/mol. The average molecular weight is 481 g/mol. The minimum absolute atomic E-state index is 0.0391. The van der Waals surface area contributed by atoms with E-state index in [2.05, 4.69) is 30.5 Å². The topological polar surface area (TPSA) is 150 Å². The molecule has 11 heteroatoms. The molecular formula is C25H19N7O4. The van der Waals surface area contributed by atoms with E-state index in [-0.39, 0.29) is 23.1 Å². The van der Waals surface area contributed by atoms with E-state index >= 15 is 0 Å². The van der Waals surface area contributed by atoms with Crippen LogP contribution in [-0.4, -0.2) is 38.3 Å². The number of aromatic amines is 2. The van der Waals surface area contributed by atoms with Crippen molar-refractivity contribution in [3.8, 4) is 22.9 Å². The number of phenols is 1. The number of H-pyrrole nitrogens is 2. The van der Waals surface area contributed by atoms with Crippen molar-refractivity contribution in [2.45, 2.75) is 0 Å². The van der Waals surface area contributed by atoms with Gasteiger partial charge in [-0.25, -0.2) is 9.98 Å². The van der Waals surface area contributed by atoms with Crippen LogP contribution >= 0.6 is 0 Å². The van der Waals surface area contributed by atoms with Crippen LogP contribution in [0.15, 0.2) is 97.7 Å². The Morgan fingerprint density at radius 1 is 1.00 bits per heavy atom. The van der Waals surface area contributed by atoms with E-state index in [0.717, 1.165) is 4.68 Å². The molecule has 0 amide bonds. The van der Waals surface area contributed by atoms with Crippen LogP contribution in [0.4, 0.5) is 11.5 Å². The Kier molecular flexibility index (Phi) is 5.93. The maximum Gasteiger partial charge on any atom is 0.294 e. The fraction of sp³-hybridized carbons (Fsp3) is 0.0400. The first-order chi connectivity index (χ1) is 17.5. The molecular weight excluding hydrogens is 462 g/mol. The molecule has 3 N–H and O–H groups in total. The normalized spacial score (nSPS) is 11.6. The first kappa shape index (κ1) is 22.5. The van der Waals surface area contributed by atoms with Crippen LogP contribution in [0.5, 0.6) is 11.5 Å². The Morgan fingerprint density at radius 3 is 2.58 bits per heavy atom. The number of benzene rings is 3. The number of ether oxygens (including phenoxy) is 1. The molecule has 0 radical (unpaired) electrons. The molecule has 3 aromatic carbocycles. The quantitative estimate of drug-likeness (QED) is 0.247. The van der Waals surface area contributed by atoms with Gasteiger partial charge in [0.2, 0.25) is 0 Å². The third-order valence-corrected chi connectivity index (χ3v) is 5.30. The molecule has 2 heterocycles. The average Bonchev–Trinajstić information content (AvgIpc) is 3.26. The summed E-state index contributed by atoms with van der Waals surface area (Å²) in [5, 5.41) is 23.2. The summed E-state index contributed by atoms with van der Waals surface area (Å²) >= 11 is 0. The molecule has 0 atom stereocenters. The van der Waals surface area contributed by atoms with Gasteiger partial charge in [-0.15, -0.1) is 5.11 Å². The predicted octanol–water partition coefficient (Wildman–Crippen LogP) is 4.09. The fourth-order valence-electron chi connectivity index (χ4n) is 3.54. The molecule has 36 heavy (non-hydrogen) atoms. The van der Waals surface area contributed by atoms with Crippen molar-refractivity contribution in [1.29, 1.82) is 0 Å². The zero-order chi connectivity index (χ0) is 25.1. The summed E-state index contributed by atoms with van der Waals surface area (Å²) in [5.41, 5.74) is 0.575. The highest BCUT2D eigenvalue weighted by Gasteiger charge is 2.14. The van der Waals surface area contributed by atoms with Crippen LogP contribution in [0.2, 0.25) is 0 Å². The van der Waals surface area contributed by atoms with Gasteiger partial charge < -0.3 is 9.84 Å². The number of nitrogens with zero attached hydrogens (tertiary/aromatic N) is 5. The Bertz CT molecular complexity index is 1730. The lowest BCUT2D eigenvalue weighted by Gasteiger charge is -2.08. The van der Waals surface area contributed by atoms with Crippen molar-refractivity contribution >= 4 is 28.6 Å². The summed E-state index contributed by atoms with van der Waals surface area (Å²) in [6.07, 6.45) is 1.44. The Labute approximate surface area is 203 Å². The van der Waals surface area contributed by atoms with E-state index in [1.807, 2.05) is 18.2 Å². The highest BCUT2D eigenvalue weighted by molar-refractivity contribution is 5.86. The van der Waals surface area contributed by atoms with Crippen LogP contribution in [-0.2, 0) is 0 Å². The maximum atomic E-state index is 13.3. The molecule has 11 nitrogen and oxygen atoms in total. The van der Waals surface area contributed by atoms with Gasteiger partial charge in [-0.05, 0) is 24.3 Å². The Hall–Kier alpha value is -5.32. The summed E-state index contributed by atoms with van der Waals surface area (Å²) in [6.45, 7) is 0. The summed E-state index contributed by atoms with van der Waals surface area (Å²) in [4.78, 5) is 34.6. The molecule has 5 rings (SSSR count). The van der Waals surface area contributed by atoms with E-state index in [0.29, 0.717) is 27.8 Å². The molecule has 5 aromatic rings. The van der Waals surface area contributed by atoms with Crippen molar-refractivity contribution in [3.05, 3.63) is 99.1 Å². The molecule has 2 aromatic heterocycles. The van der Waals surface area contributed by atoms with Gasteiger partial charge in [0.1, 0.15) is 11.5 Å². The zero-order valence-electron chi connectivity index (χ0n) is 18.9. The van der Waals surface area contributed by atoms with Crippen LogP contribution in [0.25, 0.3) is 22.3 Å². The second kappa shape index (κ2) is 9.50. The number of methoxy groups -OCH3 is 1. The largest absolute Gasteiger partial charge is 0.508 e. The number of fused-ring (bicyclic) bond motifs is 1. The van der Waals surface area contributed by atoms with Gasteiger partial charge in [0.15, 0.2) is 17.3 Å². The van der Waals surface area contributed by atoms with Gasteiger partial charge in [0.25, 0.3) is 11.1 Å². The number of rotatable bonds is 6. The molecule has 0 spiro atoms. The number of aliphatic imine (C=N–C) groups is 1. The number of aromatic nitrogens is 4. The van der Waals surface area contributed by atoms with E-state index in [1.54, 1.807) is 42.5 Å². The van der Waals surface area contributed by atoms with E-state index in [4.69, 9.17) is 4.74 Å². The second-order valence-electron chi connectivity index (χ2n) is 7.59. The van der Waals surface area contributed by atoms with E-state index in [9.17, 15) is 14.7 Å². The van der Waals surface area contributed by atoms with Gasteiger partial charge in [-0.2, -0.15) is 4.68 Å². The number of hydrogen-bond acceptors (Lipinski definition) is 8. The Morgan fingerprint density at radius 2 is 1.78 bits per heavy atom. The van der Waals surface area contributed by atoms with Crippen molar-refractivity contribution in [2.24, 2.45) is 15.3 Å². The summed E-state index contributed by atoms with van der Waals surface area (Å²) in [6, 6.07) is 20.5. The summed E-state index contributed by atoms with van der Waals surface area (Å²) in [7, 11) is 1.46. The van der Waals surface area contributed by atoms with Crippen molar-refractivity contribution < 1.29 is 9.84 Å². The lowest BCUT2D eigenvalue weighted by atomic mass is 10.2. The van der Waals surface area contributed by atoms with E-state index < -0.39 is 11.1 Å². The highest BCUT2D eigenvalue weighted by atomic mass is 16.5. The lowest BCUT2D eigenvalue weighted by molar-refractivity contribution is 0.407. The number of para-hydroxylation sites is 1. The Balaban J connectivity index is 1.59. The lowest BCUT2D eigenvalue weighted by Crippen LogP contribution is -2.19. The van der Waals surface area contributed by atoms with Crippen LogP contribution in [0.1, 0.15) is 5.56 Å².